The number of hydrogen-bond donors (Lipinski definition) is 2. The van der Waals surface area contributed by atoms with E-state index in [2.05, 4.69) is 5.32 Å². The smallest absolute Gasteiger partial charge is 0.308 e. The maximum Gasteiger partial charge on any atom is 0.308 e. The number of hydrogen-bond acceptors (Lipinski definition) is 3. The number of carboxylic acids is 1. The molecular weight excluding hydrogens is 318 g/mol. The van der Waals surface area contributed by atoms with Crippen LogP contribution in [-0.4, -0.2) is 36.7 Å². The van der Waals surface area contributed by atoms with E-state index in [1.807, 2.05) is 42.5 Å². The Morgan fingerprint density at radius 3 is 2.64 bits per heavy atom. The summed E-state index contributed by atoms with van der Waals surface area (Å²) in [5.74, 6) is -1.22. The van der Waals surface area contributed by atoms with Crippen LogP contribution in [0.3, 0.4) is 0 Å². The maximum absolute atomic E-state index is 11.8. The largest absolute Gasteiger partial charge is 0.481 e. The van der Waals surface area contributed by atoms with Crippen molar-refractivity contribution in [3.8, 4) is 0 Å². The van der Waals surface area contributed by atoms with Crippen LogP contribution >= 0.6 is 0 Å². The molecule has 2 aromatic carbocycles. The Bertz CT molecular complexity index is 754. The molecule has 1 atom stereocenters. The van der Waals surface area contributed by atoms with Crippen LogP contribution < -0.4 is 5.32 Å². The van der Waals surface area contributed by atoms with Gasteiger partial charge in [-0.15, -0.1) is 0 Å². The fourth-order valence-electron chi connectivity index (χ4n) is 2.79. The zero-order chi connectivity index (χ0) is 17.6. The Kier molecular flexibility index (Phi) is 5.66. The number of rotatable bonds is 9. The lowest BCUT2D eigenvalue weighted by Crippen LogP contribution is -2.36. The molecule has 1 aliphatic carbocycles. The van der Waals surface area contributed by atoms with Crippen LogP contribution in [0.15, 0.2) is 42.5 Å². The summed E-state index contributed by atoms with van der Waals surface area (Å²) >= 11 is 0. The van der Waals surface area contributed by atoms with E-state index in [0.717, 1.165) is 16.3 Å². The molecule has 25 heavy (non-hydrogen) atoms. The number of carboxylic acid groups (broad SMARTS) is 1. The fourth-order valence-corrected chi connectivity index (χ4v) is 2.79. The van der Waals surface area contributed by atoms with Gasteiger partial charge >= 0.3 is 5.97 Å². The highest BCUT2D eigenvalue weighted by Gasteiger charge is 2.22. The highest BCUT2D eigenvalue weighted by molar-refractivity contribution is 5.83. The van der Waals surface area contributed by atoms with Gasteiger partial charge in [0.1, 0.15) is 6.61 Å². The second-order valence-electron chi connectivity index (χ2n) is 6.68. The molecule has 1 aliphatic rings. The van der Waals surface area contributed by atoms with Gasteiger partial charge in [-0.05, 0) is 41.5 Å². The third-order valence-electron chi connectivity index (χ3n) is 4.47. The van der Waals surface area contributed by atoms with Crippen molar-refractivity contribution in [1.82, 2.24) is 5.32 Å². The van der Waals surface area contributed by atoms with Crippen molar-refractivity contribution in [2.24, 2.45) is 11.8 Å². The zero-order valence-electron chi connectivity index (χ0n) is 14.1. The average Bonchev–Trinajstić information content (AvgIpc) is 3.42. The van der Waals surface area contributed by atoms with Crippen molar-refractivity contribution in [2.75, 3.05) is 19.8 Å². The van der Waals surface area contributed by atoms with Crippen LogP contribution in [0.5, 0.6) is 0 Å². The number of nitrogens with one attached hydrogen (secondary N) is 1. The lowest BCUT2D eigenvalue weighted by atomic mass is 9.97. The van der Waals surface area contributed by atoms with Crippen molar-refractivity contribution >= 4 is 22.6 Å². The Morgan fingerprint density at radius 2 is 1.92 bits per heavy atom. The summed E-state index contributed by atoms with van der Waals surface area (Å²) < 4.78 is 5.32. The summed E-state index contributed by atoms with van der Waals surface area (Å²) in [5, 5.41) is 14.3. The van der Waals surface area contributed by atoms with Gasteiger partial charge in [0.05, 0.1) is 12.5 Å². The molecule has 0 bridgehead atoms. The Morgan fingerprint density at radius 1 is 1.16 bits per heavy atom. The molecule has 1 fully saturated rings. The quantitative estimate of drug-likeness (QED) is 0.735. The van der Waals surface area contributed by atoms with Gasteiger partial charge in [0, 0.05) is 6.54 Å². The summed E-state index contributed by atoms with van der Waals surface area (Å²) in [5.41, 5.74) is 0.949. The standard InChI is InChI=1S/C20H23NO4/c22-19(13-25-12-14-5-6-14)21-11-18(20(23)24)10-15-7-8-16-3-1-2-4-17(16)9-15/h1-4,7-9,14,18H,5-6,10-13H2,(H,21,22)(H,23,24). The number of fused-ring (bicyclic) bond motifs is 1. The molecule has 1 saturated carbocycles. The highest BCUT2D eigenvalue weighted by atomic mass is 16.5. The summed E-state index contributed by atoms with van der Waals surface area (Å²) in [7, 11) is 0. The number of carbonyl (C=O) groups excluding carboxylic acids is 1. The number of carbonyl (C=O) groups is 2. The normalized spacial score (nSPS) is 15.0. The summed E-state index contributed by atoms with van der Waals surface area (Å²) in [6.07, 6.45) is 2.73. The first-order valence-electron chi connectivity index (χ1n) is 8.67. The predicted molar refractivity (Wildman–Crippen MR) is 95.3 cm³/mol. The first kappa shape index (κ1) is 17.4. The van der Waals surface area contributed by atoms with E-state index < -0.39 is 11.9 Å². The van der Waals surface area contributed by atoms with Crippen LogP contribution in [0.25, 0.3) is 10.8 Å². The van der Waals surface area contributed by atoms with Gasteiger partial charge in [0.15, 0.2) is 0 Å². The Hall–Kier alpha value is -2.40. The molecule has 5 nitrogen and oxygen atoms in total. The second-order valence-corrected chi connectivity index (χ2v) is 6.68. The fraction of sp³-hybridized carbons (Fsp3) is 0.400. The molecule has 2 aromatic rings. The van der Waals surface area contributed by atoms with Crippen LogP contribution in [0.4, 0.5) is 0 Å². The molecule has 0 saturated heterocycles. The molecule has 2 N–H and O–H groups in total. The second kappa shape index (κ2) is 8.12. The summed E-state index contributed by atoms with van der Waals surface area (Å²) in [6, 6.07) is 13.9. The van der Waals surface area contributed by atoms with Gasteiger partial charge in [-0.25, -0.2) is 0 Å². The van der Waals surface area contributed by atoms with Gasteiger partial charge in [0.2, 0.25) is 5.91 Å². The van der Waals surface area contributed by atoms with E-state index in [1.165, 1.54) is 12.8 Å². The van der Waals surface area contributed by atoms with E-state index in [0.29, 0.717) is 18.9 Å². The van der Waals surface area contributed by atoms with Crippen LogP contribution in [0.2, 0.25) is 0 Å². The third-order valence-corrected chi connectivity index (χ3v) is 4.47. The molecular formula is C20H23NO4. The molecule has 0 aliphatic heterocycles. The molecule has 1 amide bonds. The van der Waals surface area contributed by atoms with Gasteiger partial charge in [-0.1, -0.05) is 42.5 Å². The van der Waals surface area contributed by atoms with Gasteiger partial charge in [-0.2, -0.15) is 0 Å². The molecule has 0 radical (unpaired) electrons. The van der Waals surface area contributed by atoms with E-state index >= 15 is 0 Å². The molecule has 0 heterocycles. The highest BCUT2D eigenvalue weighted by Crippen LogP contribution is 2.28. The minimum Gasteiger partial charge on any atom is -0.481 e. The lowest BCUT2D eigenvalue weighted by Gasteiger charge is -2.14. The summed E-state index contributed by atoms with van der Waals surface area (Å²) in [4.78, 5) is 23.3. The molecule has 5 heteroatoms. The van der Waals surface area contributed by atoms with Crippen molar-refractivity contribution in [3.05, 3.63) is 48.0 Å². The van der Waals surface area contributed by atoms with Gasteiger partial charge in [0.25, 0.3) is 0 Å². The van der Waals surface area contributed by atoms with Crippen molar-refractivity contribution in [3.63, 3.8) is 0 Å². The maximum atomic E-state index is 11.8. The monoisotopic (exact) mass is 341 g/mol. The van der Waals surface area contributed by atoms with E-state index in [1.54, 1.807) is 0 Å². The number of ether oxygens (including phenoxy) is 1. The van der Waals surface area contributed by atoms with Crippen molar-refractivity contribution in [2.45, 2.75) is 19.3 Å². The Labute approximate surface area is 147 Å². The summed E-state index contributed by atoms with van der Waals surface area (Å²) in [6.45, 7) is 0.722. The molecule has 1 unspecified atom stereocenters. The molecule has 132 valence electrons. The molecule has 0 spiro atoms. The van der Waals surface area contributed by atoms with Crippen LogP contribution in [0.1, 0.15) is 18.4 Å². The zero-order valence-corrected chi connectivity index (χ0v) is 14.1. The SMILES string of the molecule is O=C(COCC1CC1)NCC(Cc1ccc2ccccc2c1)C(=O)O. The van der Waals surface area contributed by atoms with Gasteiger partial charge < -0.3 is 15.2 Å². The average molecular weight is 341 g/mol. The van der Waals surface area contributed by atoms with Crippen molar-refractivity contribution in [1.29, 1.82) is 0 Å². The van der Waals surface area contributed by atoms with Crippen LogP contribution in [-0.2, 0) is 20.7 Å². The lowest BCUT2D eigenvalue weighted by molar-refractivity contribution is -0.141. The number of aliphatic carboxylic acids is 1. The first-order valence-corrected chi connectivity index (χ1v) is 8.67. The predicted octanol–water partition coefficient (Wildman–Crippen LogP) is 2.63. The van der Waals surface area contributed by atoms with E-state index in [4.69, 9.17) is 4.74 Å². The van der Waals surface area contributed by atoms with E-state index in [-0.39, 0.29) is 19.1 Å². The van der Waals surface area contributed by atoms with E-state index in [9.17, 15) is 14.7 Å². The Balaban J connectivity index is 1.52. The minimum atomic E-state index is -0.910. The number of amides is 1. The topological polar surface area (TPSA) is 75.6 Å². The third kappa shape index (κ3) is 5.29. The molecule has 0 aromatic heterocycles. The first-order chi connectivity index (χ1) is 12.1. The van der Waals surface area contributed by atoms with Crippen molar-refractivity contribution < 1.29 is 19.4 Å². The molecule has 3 rings (SSSR count). The minimum absolute atomic E-state index is 0.00118. The van der Waals surface area contributed by atoms with Crippen LogP contribution in [0, 0.1) is 11.8 Å². The van der Waals surface area contributed by atoms with Gasteiger partial charge in [-0.3, -0.25) is 9.59 Å². The number of benzene rings is 2.